The molecule has 0 amide bonds. The van der Waals surface area contributed by atoms with E-state index in [2.05, 4.69) is 29.8 Å². The molecule has 1 aliphatic carbocycles. The van der Waals surface area contributed by atoms with Crippen LogP contribution in [0, 0.1) is 0 Å². The summed E-state index contributed by atoms with van der Waals surface area (Å²) < 4.78 is 7.76. The smallest absolute Gasteiger partial charge is 0.121 e. The van der Waals surface area contributed by atoms with Crippen LogP contribution in [0.2, 0.25) is 0 Å². The van der Waals surface area contributed by atoms with Crippen LogP contribution >= 0.6 is 0 Å². The second-order valence-electron chi connectivity index (χ2n) is 6.20. The molecule has 1 aliphatic rings. The fraction of sp³-hybridized carbons (Fsp3) is 0.588. The van der Waals surface area contributed by atoms with Gasteiger partial charge < -0.3 is 14.6 Å². The summed E-state index contributed by atoms with van der Waals surface area (Å²) in [5, 5.41) is 3.48. The molecule has 4 heteroatoms. The maximum absolute atomic E-state index is 5.31. The zero-order valence-corrected chi connectivity index (χ0v) is 13.2. The van der Waals surface area contributed by atoms with E-state index in [1.54, 1.807) is 7.11 Å². The zero-order valence-electron chi connectivity index (χ0n) is 13.2. The molecule has 1 fully saturated rings. The van der Waals surface area contributed by atoms with Gasteiger partial charge in [-0.3, -0.25) is 0 Å². The van der Waals surface area contributed by atoms with E-state index in [1.807, 2.05) is 12.1 Å². The highest BCUT2D eigenvalue weighted by Gasteiger charge is 2.28. The van der Waals surface area contributed by atoms with Crippen LogP contribution < -0.4 is 10.1 Å². The van der Waals surface area contributed by atoms with Crippen molar-refractivity contribution >= 4 is 11.0 Å². The van der Waals surface area contributed by atoms with E-state index >= 15 is 0 Å². The van der Waals surface area contributed by atoms with Crippen molar-refractivity contribution in [3.05, 3.63) is 24.0 Å². The summed E-state index contributed by atoms with van der Waals surface area (Å²) in [6.07, 6.45) is 4.74. The van der Waals surface area contributed by atoms with Crippen LogP contribution in [0.4, 0.5) is 0 Å². The van der Waals surface area contributed by atoms with Gasteiger partial charge in [0.1, 0.15) is 11.6 Å². The van der Waals surface area contributed by atoms with Gasteiger partial charge in [-0.2, -0.15) is 0 Å². The van der Waals surface area contributed by atoms with Crippen molar-refractivity contribution in [2.24, 2.45) is 0 Å². The number of nitrogens with zero attached hydrogens (tertiary/aromatic N) is 2. The summed E-state index contributed by atoms with van der Waals surface area (Å²) >= 11 is 0. The third-order valence-electron chi connectivity index (χ3n) is 4.01. The number of ether oxygens (including phenoxy) is 1. The van der Waals surface area contributed by atoms with E-state index in [0.29, 0.717) is 12.1 Å². The molecule has 1 aromatic heterocycles. The lowest BCUT2D eigenvalue weighted by Crippen LogP contribution is -2.24. The molecule has 114 valence electrons. The number of rotatable bonds is 7. The normalized spacial score (nSPS) is 15.0. The van der Waals surface area contributed by atoms with Gasteiger partial charge >= 0.3 is 0 Å². The molecule has 0 saturated heterocycles. The fourth-order valence-corrected chi connectivity index (χ4v) is 2.81. The molecule has 0 bridgehead atoms. The topological polar surface area (TPSA) is 39.1 Å². The van der Waals surface area contributed by atoms with Crippen molar-refractivity contribution in [2.45, 2.75) is 51.6 Å². The first kappa shape index (κ1) is 14.4. The number of hydrogen-bond acceptors (Lipinski definition) is 3. The van der Waals surface area contributed by atoms with Crippen LogP contribution in [0.3, 0.4) is 0 Å². The predicted octanol–water partition coefficient (Wildman–Crippen LogP) is 3.31. The average molecular weight is 287 g/mol. The molecular weight excluding hydrogens is 262 g/mol. The third kappa shape index (κ3) is 3.21. The van der Waals surface area contributed by atoms with Gasteiger partial charge in [-0.1, -0.05) is 13.8 Å². The lowest BCUT2D eigenvalue weighted by molar-refractivity contribution is 0.415. The highest BCUT2D eigenvalue weighted by molar-refractivity contribution is 5.78. The molecule has 3 rings (SSSR count). The van der Waals surface area contributed by atoms with Crippen molar-refractivity contribution in [1.29, 1.82) is 0 Å². The third-order valence-corrected chi connectivity index (χ3v) is 4.01. The van der Waals surface area contributed by atoms with Gasteiger partial charge in [-0.15, -0.1) is 0 Å². The van der Waals surface area contributed by atoms with Crippen LogP contribution in [0.5, 0.6) is 5.75 Å². The molecule has 2 aromatic rings. The highest BCUT2D eigenvalue weighted by atomic mass is 16.5. The van der Waals surface area contributed by atoms with E-state index < -0.39 is 0 Å². The number of aromatic nitrogens is 2. The minimum atomic E-state index is 0.552. The molecule has 0 aliphatic heterocycles. The maximum atomic E-state index is 5.31. The van der Waals surface area contributed by atoms with E-state index in [0.717, 1.165) is 30.7 Å². The lowest BCUT2D eigenvalue weighted by atomic mass is 10.2. The lowest BCUT2D eigenvalue weighted by Gasteiger charge is -2.09. The Kier molecular flexibility index (Phi) is 4.15. The van der Waals surface area contributed by atoms with Crippen LogP contribution in [0.15, 0.2) is 18.2 Å². The van der Waals surface area contributed by atoms with Crippen LogP contribution in [0.25, 0.3) is 11.0 Å². The van der Waals surface area contributed by atoms with E-state index in [9.17, 15) is 0 Å². The number of aryl methyl sites for hydroxylation is 1. The first-order valence-corrected chi connectivity index (χ1v) is 7.97. The first-order chi connectivity index (χ1) is 10.2. The number of imidazole rings is 1. The Morgan fingerprint density at radius 1 is 1.38 bits per heavy atom. The summed E-state index contributed by atoms with van der Waals surface area (Å²) in [4.78, 5) is 4.85. The van der Waals surface area contributed by atoms with Crippen LogP contribution in [-0.4, -0.2) is 29.2 Å². The Morgan fingerprint density at radius 3 is 2.86 bits per heavy atom. The fourth-order valence-electron chi connectivity index (χ4n) is 2.81. The maximum Gasteiger partial charge on any atom is 0.121 e. The quantitative estimate of drug-likeness (QED) is 0.794. The molecule has 1 aromatic carbocycles. The number of methoxy groups -OCH3 is 1. The molecule has 1 saturated carbocycles. The van der Waals surface area contributed by atoms with Gasteiger partial charge in [0.15, 0.2) is 0 Å². The van der Waals surface area contributed by atoms with Crippen molar-refractivity contribution in [2.75, 3.05) is 13.7 Å². The number of nitrogens with one attached hydrogen (secondary N) is 1. The first-order valence-electron chi connectivity index (χ1n) is 7.97. The Bertz CT molecular complexity index is 614. The molecule has 1 N–H and O–H groups in total. The summed E-state index contributed by atoms with van der Waals surface area (Å²) in [5.41, 5.74) is 2.32. The van der Waals surface area contributed by atoms with Gasteiger partial charge in [0.2, 0.25) is 0 Å². The van der Waals surface area contributed by atoms with Crippen LogP contribution in [0.1, 0.15) is 45.0 Å². The molecule has 0 spiro atoms. The van der Waals surface area contributed by atoms with Gasteiger partial charge in [0, 0.05) is 24.6 Å². The van der Waals surface area contributed by atoms with Crippen molar-refractivity contribution in [3.8, 4) is 5.75 Å². The molecule has 21 heavy (non-hydrogen) atoms. The van der Waals surface area contributed by atoms with Crippen molar-refractivity contribution in [3.63, 3.8) is 0 Å². The number of benzene rings is 1. The molecular formula is C17H25N3O. The van der Waals surface area contributed by atoms with Crippen LogP contribution in [-0.2, 0) is 6.42 Å². The molecule has 0 unspecified atom stereocenters. The Hall–Kier alpha value is -1.55. The Morgan fingerprint density at radius 2 is 2.19 bits per heavy atom. The standard InChI is InChI=1S/C17H25N3O/c1-12(2)18-10-4-5-17-19-15-11-14(21-3)8-9-16(15)20(17)13-6-7-13/h8-9,11-13,18H,4-7,10H2,1-3H3. The monoisotopic (exact) mass is 287 g/mol. The van der Waals surface area contributed by atoms with Gasteiger partial charge in [-0.25, -0.2) is 4.98 Å². The predicted molar refractivity (Wildman–Crippen MR) is 86.0 cm³/mol. The summed E-state index contributed by atoms with van der Waals surface area (Å²) in [5.74, 6) is 2.11. The summed E-state index contributed by atoms with van der Waals surface area (Å²) in [6, 6.07) is 7.44. The second kappa shape index (κ2) is 6.06. The Balaban J connectivity index is 1.81. The number of hydrogen-bond donors (Lipinski definition) is 1. The van der Waals surface area contributed by atoms with Gasteiger partial charge in [-0.05, 0) is 37.9 Å². The Labute approximate surface area is 126 Å². The average Bonchev–Trinajstić information content (AvgIpc) is 3.24. The van der Waals surface area contributed by atoms with Gasteiger partial charge in [0.25, 0.3) is 0 Å². The molecule has 1 heterocycles. The summed E-state index contributed by atoms with van der Waals surface area (Å²) in [6.45, 7) is 5.42. The van der Waals surface area contributed by atoms with E-state index in [4.69, 9.17) is 9.72 Å². The van der Waals surface area contributed by atoms with Crippen molar-refractivity contribution in [1.82, 2.24) is 14.9 Å². The number of fused-ring (bicyclic) bond motifs is 1. The SMILES string of the molecule is COc1ccc2c(c1)nc(CCCNC(C)C)n2C1CC1. The zero-order chi connectivity index (χ0) is 14.8. The molecule has 0 atom stereocenters. The van der Waals surface area contributed by atoms with Crippen molar-refractivity contribution < 1.29 is 4.74 Å². The molecule has 0 radical (unpaired) electrons. The molecule has 4 nitrogen and oxygen atoms in total. The van der Waals surface area contributed by atoms with E-state index in [-0.39, 0.29) is 0 Å². The minimum Gasteiger partial charge on any atom is -0.497 e. The largest absolute Gasteiger partial charge is 0.497 e. The van der Waals surface area contributed by atoms with E-state index in [1.165, 1.54) is 24.2 Å². The second-order valence-corrected chi connectivity index (χ2v) is 6.20. The minimum absolute atomic E-state index is 0.552. The summed E-state index contributed by atoms with van der Waals surface area (Å²) in [7, 11) is 1.71. The highest BCUT2D eigenvalue weighted by Crippen LogP contribution is 2.39. The van der Waals surface area contributed by atoms with Gasteiger partial charge in [0.05, 0.1) is 18.1 Å².